The molecule has 1 N–H and O–H groups in total. The van der Waals surface area contributed by atoms with Crippen molar-refractivity contribution in [2.75, 3.05) is 7.11 Å². The standard InChI is InChI=1S/C11H19N3O3S/c1-4-6-7-8(9(15)17-3)18-11-13-12-10(16)14(11)5-2/h8H,4-7H2,1-3H3,(H,12,16). The van der Waals surface area contributed by atoms with Crippen molar-refractivity contribution < 1.29 is 9.53 Å². The van der Waals surface area contributed by atoms with Gasteiger partial charge in [0, 0.05) is 6.54 Å². The van der Waals surface area contributed by atoms with Crippen LogP contribution in [0.4, 0.5) is 0 Å². The van der Waals surface area contributed by atoms with E-state index in [4.69, 9.17) is 4.74 Å². The third-order valence-corrected chi connectivity index (χ3v) is 3.81. The first-order chi connectivity index (χ1) is 8.63. The van der Waals surface area contributed by atoms with Crippen LogP contribution in [0.3, 0.4) is 0 Å². The van der Waals surface area contributed by atoms with Crippen LogP contribution >= 0.6 is 11.8 Å². The third kappa shape index (κ3) is 3.63. The van der Waals surface area contributed by atoms with Crippen molar-refractivity contribution in [1.82, 2.24) is 14.8 Å². The summed E-state index contributed by atoms with van der Waals surface area (Å²) in [6.07, 6.45) is 2.67. The summed E-state index contributed by atoms with van der Waals surface area (Å²) >= 11 is 1.28. The molecule has 1 aromatic rings. The van der Waals surface area contributed by atoms with Crippen LogP contribution in [0.15, 0.2) is 9.95 Å². The van der Waals surface area contributed by atoms with E-state index in [1.165, 1.54) is 23.4 Å². The molecule has 0 aliphatic carbocycles. The number of rotatable bonds is 7. The zero-order valence-electron chi connectivity index (χ0n) is 10.9. The van der Waals surface area contributed by atoms with Gasteiger partial charge in [0.15, 0.2) is 5.16 Å². The predicted molar refractivity (Wildman–Crippen MR) is 69.7 cm³/mol. The minimum atomic E-state index is -0.310. The first kappa shape index (κ1) is 14.8. The number of nitrogens with zero attached hydrogens (tertiary/aromatic N) is 2. The number of aromatic amines is 1. The number of unbranched alkanes of at least 4 members (excludes halogenated alkanes) is 1. The lowest BCUT2D eigenvalue weighted by Gasteiger charge is -2.13. The molecule has 0 saturated heterocycles. The summed E-state index contributed by atoms with van der Waals surface area (Å²) in [5, 5.41) is 6.55. The van der Waals surface area contributed by atoms with Crippen molar-refractivity contribution in [3.05, 3.63) is 10.5 Å². The molecule has 0 amide bonds. The normalized spacial score (nSPS) is 12.4. The molecule has 7 heteroatoms. The molecule has 0 fully saturated rings. The van der Waals surface area contributed by atoms with Gasteiger partial charge in [0.2, 0.25) is 0 Å². The van der Waals surface area contributed by atoms with Gasteiger partial charge in [-0.25, -0.2) is 9.89 Å². The van der Waals surface area contributed by atoms with E-state index >= 15 is 0 Å². The maximum Gasteiger partial charge on any atom is 0.343 e. The lowest BCUT2D eigenvalue weighted by Crippen LogP contribution is -2.21. The number of ether oxygens (including phenoxy) is 1. The number of H-pyrrole nitrogens is 1. The highest BCUT2D eigenvalue weighted by Gasteiger charge is 2.23. The summed E-state index contributed by atoms with van der Waals surface area (Å²) in [6, 6.07) is 0. The SMILES string of the molecule is CCCCC(Sc1n[nH]c(=O)n1CC)C(=O)OC. The van der Waals surface area contributed by atoms with E-state index in [9.17, 15) is 9.59 Å². The van der Waals surface area contributed by atoms with E-state index in [2.05, 4.69) is 17.1 Å². The number of nitrogens with one attached hydrogen (secondary N) is 1. The molecule has 6 nitrogen and oxygen atoms in total. The largest absolute Gasteiger partial charge is 0.468 e. The number of hydrogen-bond donors (Lipinski definition) is 1. The Kier molecular flexibility index (Phi) is 5.97. The topological polar surface area (TPSA) is 77.0 Å². The van der Waals surface area contributed by atoms with Gasteiger partial charge in [-0.3, -0.25) is 9.36 Å². The second-order valence-corrected chi connectivity index (χ2v) is 5.00. The van der Waals surface area contributed by atoms with Crippen molar-refractivity contribution in [3.8, 4) is 0 Å². The quantitative estimate of drug-likeness (QED) is 0.600. The Morgan fingerprint density at radius 2 is 2.28 bits per heavy atom. The lowest BCUT2D eigenvalue weighted by molar-refractivity contribution is -0.140. The minimum Gasteiger partial charge on any atom is -0.468 e. The van der Waals surface area contributed by atoms with Crippen LogP contribution in [0.25, 0.3) is 0 Å². The molecule has 0 aliphatic heterocycles. The van der Waals surface area contributed by atoms with E-state index in [1.807, 2.05) is 6.92 Å². The van der Waals surface area contributed by atoms with Gasteiger partial charge in [-0.15, -0.1) is 5.10 Å². The lowest BCUT2D eigenvalue weighted by atomic mass is 10.2. The Bertz CT molecular complexity index is 441. The molecule has 0 bridgehead atoms. The first-order valence-corrected chi connectivity index (χ1v) is 6.91. The van der Waals surface area contributed by atoms with Crippen molar-refractivity contribution in [2.24, 2.45) is 0 Å². The van der Waals surface area contributed by atoms with Crippen LogP contribution in [0, 0.1) is 0 Å². The molecule has 1 aromatic heterocycles. The number of hydrogen-bond acceptors (Lipinski definition) is 5. The van der Waals surface area contributed by atoms with Gasteiger partial charge in [-0.05, 0) is 13.3 Å². The highest BCUT2D eigenvalue weighted by molar-refractivity contribution is 8.00. The zero-order valence-corrected chi connectivity index (χ0v) is 11.7. The van der Waals surface area contributed by atoms with Gasteiger partial charge in [-0.2, -0.15) is 0 Å². The van der Waals surface area contributed by atoms with E-state index in [0.29, 0.717) is 11.7 Å². The molecule has 0 radical (unpaired) electrons. The molecule has 0 saturated carbocycles. The fourth-order valence-corrected chi connectivity index (χ4v) is 2.71. The molecule has 18 heavy (non-hydrogen) atoms. The zero-order chi connectivity index (χ0) is 13.5. The van der Waals surface area contributed by atoms with Gasteiger partial charge in [0.25, 0.3) is 0 Å². The summed E-state index contributed by atoms with van der Waals surface area (Å²) in [5.41, 5.74) is -0.251. The Morgan fingerprint density at radius 1 is 1.56 bits per heavy atom. The molecule has 0 aromatic carbocycles. The van der Waals surface area contributed by atoms with Crippen molar-refractivity contribution in [2.45, 2.75) is 50.1 Å². The summed E-state index contributed by atoms with van der Waals surface area (Å²) in [6.45, 7) is 4.45. The maximum atomic E-state index is 11.7. The number of thioether (sulfide) groups is 1. The summed E-state index contributed by atoms with van der Waals surface area (Å²) in [5.74, 6) is -0.272. The van der Waals surface area contributed by atoms with Crippen molar-refractivity contribution >= 4 is 17.7 Å². The van der Waals surface area contributed by atoms with Gasteiger partial charge >= 0.3 is 11.7 Å². The molecule has 0 aliphatic rings. The highest BCUT2D eigenvalue weighted by Crippen LogP contribution is 2.25. The van der Waals surface area contributed by atoms with Gasteiger partial charge in [0.05, 0.1) is 7.11 Å². The second-order valence-electron chi connectivity index (χ2n) is 3.83. The van der Waals surface area contributed by atoms with Crippen LogP contribution in [-0.4, -0.2) is 33.1 Å². The summed E-state index contributed by atoms with van der Waals surface area (Å²) in [4.78, 5) is 23.1. The van der Waals surface area contributed by atoms with Gasteiger partial charge in [0.1, 0.15) is 5.25 Å². The van der Waals surface area contributed by atoms with Crippen LogP contribution in [0.2, 0.25) is 0 Å². The van der Waals surface area contributed by atoms with E-state index in [1.54, 1.807) is 0 Å². The molecule has 1 unspecified atom stereocenters. The minimum absolute atomic E-state index is 0.251. The van der Waals surface area contributed by atoms with Gasteiger partial charge < -0.3 is 4.74 Å². The van der Waals surface area contributed by atoms with Crippen molar-refractivity contribution in [3.63, 3.8) is 0 Å². The molecular formula is C11H19N3O3S. The number of methoxy groups -OCH3 is 1. The van der Waals surface area contributed by atoms with Crippen LogP contribution in [-0.2, 0) is 16.1 Å². The van der Waals surface area contributed by atoms with Crippen LogP contribution in [0.5, 0.6) is 0 Å². The van der Waals surface area contributed by atoms with E-state index < -0.39 is 0 Å². The number of carbonyl (C=O) groups is 1. The summed E-state index contributed by atoms with van der Waals surface area (Å²) in [7, 11) is 1.37. The second kappa shape index (κ2) is 7.25. The Hall–Kier alpha value is -1.24. The molecule has 1 rings (SSSR count). The first-order valence-electron chi connectivity index (χ1n) is 6.03. The summed E-state index contributed by atoms with van der Waals surface area (Å²) < 4.78 is 6.28. The van der Waals surface area contributed by atoms with Crippen LogP contribution in [0.1, 0.15) is 33.1 Å². The molecule has 1 heterocycles. The Balaban J connectivity index is 2.81. The number of aromatic nitrogens is 3. The molecular weight excluding hydrogens is 254 g/mol. The fourth-order valence-electron chi connectivity index (χ4n) is 1.55. The third-order valence-electron chi connectivity index (χ3n) is 2.57. The van der Waals surface area contributed by atoms with E-state index in [-0.39, 0.29) is 16.9 Å². The molecule has 0 spiro atoms. The monoisotopic (exact) mass is 273 g/mol. The number of carbonyl (C=O) groups excluding carboxylic acids is 1. The van der Waals surface area contributed by atoms with Crippen LogP contribution < -0.4 is 5.69 Å². The fraction of sp³-hybridized carbons (Fsp3) is 0.727. The average Bonchev–Trinajstić information content (AvgIpc) is 2.73. The Labute approximate surface area is 110 Å². The van der Waals surface area contributed by atoms with Crippen molar-refractivity contribution in [1.29, 1.82) is 0 Å². The highest BCUT2D eigenvalue weighted by atomic mass is 32.2. The van der Waals surface area contributed by atoms with E-state index in [0.717, 1.165) is 19.3 Å². The average molecular weight is 273 g/mol. The predicted octanol–water partition coefficient (Wildman–Crippen LogP) is 1.42. The molecule has 102 valence electrons. The smallest absolute Gasteiger partial charge is 0.343 e. The maximum absolute atomic E-state index is 11.7. The number of esters is 1. The molecule has 1 atom stereocenters. The Morgan fingerprint density at radius 3 is 2.83 bits per heavy atom. The van der Waals surface area contributed by atoms with Gasteiger partial charge in [-0.1, -0.05) is 31.5 Å².